The molecule has 0 atom stereocenters. The minimum Gasteiger partial charge on any atom is -0.327 e. The van der Waals surface area contributed by atoms with Gasteiger partial charge in [0, 0.05) is 0 Å². The minimum atomic E-state index is -4.64. The molecule has 0 saturated carbocycles. The fourth-order valence-electron chi connectivity index (χ4n) is 0. The van der Waals surface area contributed by atoms with Crippen molar-refractivity contribution in [3.05, 3.63) is 0 Å². The Balaban J connectivity index is 3.47. The molecule has 1 N–H and O–H groups in total. The van der Waals surface area contributed by atoms with Crippen LogP contribution in [0.1, 0.15) is 0 Å². The van der Waals surface area contributed by atoms with Crippen LogP contribution in [0.15, 0.2) is 0 Å². The molecular formula is CH3F2OP. The predicted octanol–water partition coefficient (Wildman–Crippen LogP) is 1.11. The SMILES string of the molecule is C=P(O)(F)F. The molecule has 0 aromatic carbocycles. The van der Waals surface area contributed by atoms with Crippen LogP contribution in [0, 0.1) is 0 Å². The standard InChI is InChI=1S/CH3F2OP/c1-5(2,3)4/h4H,1H2. The molecule has 32 valence electrons. The highest BCUT2D eigenvalue weighted by molar-refractivity contribution is 7.57. The highest BCUT2D eigenvalue weighted by Gasteiger charge is 1.96. The molecule has 0 aliphatic carbocycles. The third-order valence-corrected chi connectivity index (χ3v) is 0. The lowest BCUT2D eigenvalue weighted by molar-refractivity contribution is 0.497. The lowest BCUT2D eigenvalue weighted by Gasteiger charge is -1.82. The maximum Gasteiger partial charge on any atom is 0.327 e. The van der Waals surface area contributed by atoms with Gasteiger partial charge in [0.25, 0.3) is 0 Å². The van der Waals surface area contributed by atoms with Crippen molar-refractivity contribution in [2.75, 3.05) is 0 Å². The molecule has 0 fully saturated rings. The van der Waals surface area contributed by atoms with Gasteiger partial charge in [0.15, 0.2) is 0 Å². The summed E-state index contributed by atoms with van der Waals surface area (Å²) < 4.78 is 21.2. The Bertz CT molecular complexity index is 55.8. The van der Waals surface area contributed by atoms with Crippen molar-refractivity contribution in [2.24, 2.45) is 0 Å². The van der Waals surface area contributed by atoms with Crippen molar-refractivity contribution in [3.63, 3.8) is 0 Å². The second kappa shape index (κ2) is 1.07. The van der Waals surface area contributed by atoms with Crippen LogP contribution < -0.4 is 0 Å². The Kier molecular flexibility index (Phi) is 1.10. The van der Waals surface area contributed by atoms with Crippen LogP contribution in [-0.2, 0) is 0 Å². The Hall–Kier alpha value is 0.120. The number of hydrogen-bond acceptors (Lipinski definition) is 1. The summed E-state index contributed by atoms with van der Waals surface area (Å²) in [6.07, 6.45) is 2.10. The summed E-state index contributed by atoms with van der Waals surface area (Å²) in [4.78, 5) is 7.19. The average molecular weight is 100 g/mol. The van der Waals surface area contributed by atoms with E-state index in [4.69, 9.17) is 4.89 Å². The summed E-state index contributed by atoms with van der Waals surface area (Å²) in [6.45, 7) is 0. The van der Waals surface area contributed by atoms with Crippen LogP contribution in [0.2, 0.25) is 0 Å². The van der Waals surface area contributed by atoms with Gasteiger partial charge >= 0.3 is 7.73 Å². The molecule has 0 radical (unpaired) electrons. The molecule has 0 aromatic heterocycles. The van der Waals surface area contributed by atoms with E-state index in [1.165, 1.54) is 0 Å². The van der Waals surface area contributed by atoms with Crippen LogP contribution in [0.4, 0.5) is 8.39 Å². The molecule has 0 amide bonds. The van der Waals surface area contributed by atoms with E-state index in [0.29, 0.717) is 0 Å². The van der Waals surface area contributed by atoms with Crippen molar-refractivity contribution in [1.82, 2.24) is 0 Å². The first-order chi connectivity index (χ1) is 2.00. The van der Waals surface area contributed by atoms with E-state index in [1.54, 1.807) is 0 Å². The predicted molar refractivity (Wildman–Crippen MR) is 18.5 cm³/mol. The summed E-state index contributed by atoms with van der Waals surface area (Å²) in [5, 5.41) is 0. The van der Waals surface area contributed by atoms with Gasteiger partial charge in [-0.3, -0.25) is 0 Å². The summed E-state index contributed by atoms with van der Waals surface area (Å²) >= 11 is 0. The van der Waals surface area contributed by atoms with E-state index in [1.807, 2.05) is 0 Å². The van der Waals surface area contributed by atoms with Crippen molar-refractivity contribution >= 4 is 14.0 Å². The third kappa shape index (κ3) is 1290. The van der Waals surface area contributed by atoms with E-state index in [-0.39, 0.29) is 0 Å². The molecule has 0 unspecified atom stereocenters. The third-order valence-electron chi connectivity index (χ3n) is 0. The molecule has 1 nitrogen and oxygen atoms in total. The van der Waals surface area contributed by atoms with Crippen LogP contribution in [0.25, 0.3) is 0 Å². The Labute approximate surface area is 28.5 Å². The lowest BCUT2D eigenvalue weighted by Crippen LogP contribution is -1.47. The largest absolute Gasteiger partial charge is 0.327 e. The monoisotopic (exact) mass is 100.0 g/mol. The fraction of sp³-hybridized carbons (Fsp3) is 0. The van der Waals surface area contributed by atoms with Crippen LogP contribution in [0.5, 0.6) is 0 Å². The second-order valence-corrected chi connectivity index (χ2v) is 1.79. The first-order valence-corrected chi connectivity index (χ1v) is 2.56. The normalized spacial score (nSPS) is 11.8. The summed E-state index contributed by atoms with van der Waals surface area (Å²) in [6, 6.07) is 0. The number of hydrogen-bond donors (Lipinski definition) is 1. The average Bonchev–Trinajstić information content (AvgIpc) is 0.722. The molecular weight excluding hydrogens is 97.0 g/mol. The first kappa shape index (κ1) is 5.12. The molecule has 4 heteroatoms. The van der Waals surface area contributed by atoms with Crippen LogP contribution in [-0.4, -0.2) is 11.2 Å². The number of halogens is 2. The molecule has 0 rings (SSSR count). The van der Waals surface area contributed by atoms with Gasteiger partial charge < -0.3 is 4.89 Å². The maximum absolute atomic E-state index is 10.6. The lowest BCUT2D eigenvalue weighted by atomic mass is 12.0. The highest BCUT2D eigenvalue weighted by Crippen LogP contribution is 2.42. The highest BCUT2D eigenvalue weighted by atomic mass is 31.2. The van der Waals surface area contributed by atoms with Gasteiger partial charge in [0.1, 0.15) is 0 Å². The van der Waals surface area contributed by atoms with Gasteiger partial charge in [-0.25, -0.2) is 0 Å². The fourth-order valence-corrected chi connectivity index (χ4v) is 0. The smallest absolute Gasteiger partial charge is 0.327 e. The Morgan fingerprint density at radius 3 is 1.60 bits per heavy atom. The summed E-state index contributed by atoms with van der Waals surface area (Å²) in [5.74, 6) is 0. The molecule has 0 aromatic rings. The molecule has 0 bridgehead atoms. The molecule has 5 heavy (non-hydrogen) atoms. The van der Waals surface area contributed by atoms with Gasteiger partial charge in [0.05, 0.1) is 0 Å². The molecule has 0 aliphatic rings. The van der Waals surface area contributed by atoms with Crippen LogP contribution in [0.3, 0.4) is 0 Å². The summed E-state index contributed by atoms with van der Waals surface area (Å²) in [5.41, 5.74) is 0. The zero-order valence-corrected chi connectivity index (χ0v) is 3.25. The number of rotatable bonds is 0. The van der Waals surface area contributed by atoms with E-state index < -0.39 is 7.73 Å². The van der Waals surface area contributed by atoms with Gasteiger partial charge in [-0.15, -0.1) is 0 Å². The topological polar surface area (TPSA) is 20.2 Å². The molecule has 0 saturated heterocycles. The van der Waals surface area contributed by atoms with Crippen molar-refractivity contribution in [1.29, 1.82) is 0 Å². The van der Waals surface area contributed by atoms with E-state index in [2.05, 4.69) is 6.30 Å². The van der Waals surface area contributed by atoms with Crippen LogP contribution >= 0.6 is 7.73 Å². The van der Waals surface area contributed by atoms with Gasteiger partial charge in [0.2, 0.25) is 0 Å². The van der Waals surface area contributed by atoms with E-state index in [9.17, 15) is 8.39 Å². The molecule has 0 heterocycles. The minimum absolute atomic E-state index is 2.10. The Morgan fingerprint density at radius 2 is 1.60 bits per heavy atom. The van der Waals surface area contributed by atoms with Crippen molar-refractivity contribution < 1.29 is 13.3 Å². The van der Waals surface area contributed by atoms with Gasteiger partial charge in [-0.1, -0.05) is 0 Å². The zero-order chi connectivity index (χ0) is 4.50. The molecule has 0 spiro atoms. The van der Waals surface area contributed by atoms with Gasteiger partial charge in [-0.2, -0.15) is 8.39 Å². The van der Waals surface area contributed by atoms with Crippen molar-refractivity contribution in [3.8, 4) is 0 Å². The second-order valence-electron chi connectivity index (χ2n) is 0.596. The first-order valence-electron chi connectivity index (χ1n) is 0.854. The van der Waals surface area contributed by atoms with E-state index in [0.717, 1.165) is 0 Å². The zero-order valence-electron chi connectivity index (χ0n) is 2.36. The van der Waals surface area contributed by atoms with E-state index >= 15 is 0 Å². The summed E-state index contributed by atoms with van der Waals surface area (Å²) in [7, 11) is -4.64. The maximum atomic E-state index is 10.6. The quantitative estimate of drug-likeness (QED) is 0.452. The Morgan fingerprint density at radius 1 is 1.60 bits per heavy atom. The van der Waals surface area contributed by atoms with Crippen molar-refractivity contribution in [2.45, 2.75) is 0 Å². The molecule has 0 aliphatic heterocycles. The van der Waals surface area contributed by atoms with Gasteiger partial charge in [-0.05, 0) is 6.30 Å².